The molecule has 1 heterocycles. The summed E-state index contributed by atoms with van der Waals surface area (Å²) in [5.41, 5.74) is 1.83. The van der Waals surface area contributed by atoms with Gasteiger partial charge in [0.1, 0.15) is 5.69 Å². The molecule has 1 aromatic heterocycles. The highest BCUT2D eigenvalue weighted by Gasteiger charge is 2.05. The van der Waals surface area contributed by atoms with Gasteiger partial charge in [-0.25, -0.2) is 9.78 Å². The third-order valence-electron chi connectivity index (χ3n) is 2.26. The molecule has 0 aliphatic carbocycles. The summed E-state index contributed by atoms with van der Waals surface area (Å²) in [6, 6.07) is 12.0. The van der Waals surface area contributed by atoms with Crippen LogP contribution in [0.5, 0.6) is 0 Å². The predicted octanol–water partition coefficient (Wildman–Crippen LogP) is 2.40. The smallest absolute Gasteiger partial charge is 0.354 e. The maximum absolute atomic E-state index is 10.8. The Morgan fingerprint density at radius 2 is 2.06 bits per heavy atom. The van der Waals surface area contributed by atoms with Crippen LogP contribution in [0.25, 0.3) is 0 Å². The quantitative estimate of drug-likeness (QED) is 0.858. The number of anilines is 2. The summed E-state index contributed by atoms with van der Waals surface area (Å²) in [4.78, 5) is 14.5. The summed E-state index contributed by atoms with van der Waals surface area (Å²) in [5.74, 6) is -1.08. The van der Waals surface area contributed by atoms with Gasteiger partial charge >= 0.3 is 5.97 Å². The molecule has 0 fully saturated rings. The van der Waals surface area contributed by atoms with E-state index in [9.17, 15) is 4.79 Å². The number of nitrogens with zero attached hydrogens (tertiary/aromatic N) is 2. The third kappa shape index (κ3) is 2.62. The molecule has 0 amide bonds. The molecule has 2 aromatic rings. The molecule has 0 bridgehead atoms. The standard InChI is InChI=1S/C13H9N3O2/c14-8-9-2-1-3-10(6-9)16-11-4-5-15-12(7-11)13(17)18/h1-7H,(H,15,16)(H,17,18). The first-order valence-electron chi connectivity index (χ1n) is 5.15. The minimum absolute atomic E-state index is 0.0311. The molecule has 1 aromatic carbocycles. The molecule has 2 rings (SSSR count). The van der Waals surface area contributed by atoms with Gasteiger partial charge < -0.3 is 10.4 Å². The molecule has 0 atom stereocenters. The highest BCUT2D eigenvalue weighted by atomic mass is 16.4. The van der Waals surface area contributed by atoms with Gasteiger partial charge in [0.2, 0.25) is 0 Å². The Kier molecular flexibility index (Phi) is 3.21. The first-order chi connectivity index (χ1) is 8.69. The number of benzene rings is 1. The average Bonchev–Trinajstić information content (AvgIpc) is 2.39. The molecule has 5 heteroatoms. The molecular weight excluding hydrogens is 230 g/mol. The first-order valence-corrected chi connectivity index (χ1v) is 5.15. The number of pyridine rings is 1. The van der Waals surface area contributed by atoms with Crippen LogP contribution in [0.15, 0.2) is 42.6 Å². The molecule has 0 aliphatic rings. The van der Waals surface area contributed by atoms with Gasteiger partial charge in [0, 0.05) is 17.6 Å². The molecule has 0 spiro atoms. The largest absolute Gasteiger partial charge is 0.477 e. The van der Waals surface area contributed by atoms with Crippen molar-refractivity contribution in [1.82, 2.24) is 4.98 Å². The van der Waals surface area contributed by atoms with Gasteiger partial charge in [-0.1, -0.05) is 6.07 Å². The van der Waals surface area contributed by atoms with E-state index >= 15 is 0 Å². The van der Waals surface area contributed by atoms with Crippen molar-refractivity contribution < 1.29 is 9.90 Å². The van der Waals surface area contributed by atoms with Crippen LogP contribution < -0.4 is 5.32 Å². The SMILES string of the molecule is N#Cc1cccc(Nc2ccnc(C(=O)O)c2)c1. The number of carboxylic acids is 1. The summed E-state index contributed by atoms with van der Waals surface area (Å²) in [6.07, 6.45) is 1.42. The summed E-state index contributed by atoms with van der Waals surface area (Å²) in [6.45, 7) is 0. The lowest BCUT2D eigenvalue weighted by molar-refractivity contribution is 0.0690. The van der Waals surface area contributed by atoms with Crippen LogP contribution in [-0.4, -0.2) is 16.1 Å². The highest BCUT2D eigenvalue weighted by Crippen LogP contribution is 2.17. The summed E-state index contributed by atoms with van der Waals surface area (Å²) < 4.78 is 0. The van der Waals surface area contributed by atoms with Crippen LogP contribution in [0.2, 0.25) is 0 Å². The van der Waals surface area contributed by atoms with Crippen LogP contribution in [0.4, 0.5) is 11.4 Å². The molecule has 0 saturated carbocycles. The zero-order chi connectivity index (χ0) is 13.0. The van der Waals surface area contributed by atoms with Crippen molar-refractivity contribution in [3.8, 4) is 6.07 Å². The molecule has 0 radical (unpaired) electrons. The van der Waals surface area contributed by atoms with E-state index in [1.807, 2.05) is 6.07 Å². The van der Waals surface area contributed by atoms with Crippen LogP contribution in [0.3, 0.4) is 0 Å². The van der Waals surface area contributed by atoms with Gasteiger partial charge in [-0.2, -0.15) is 5.26 Å². The minimum atomic E-state index is -1.08. The van der Waals surface area contributed by atoms with Gasteiger partial charge in [-0.15, -0.1) is 0 Å². The fourth-order valence-electron chi connectivity index (χ4n) is 1.46. The summed E-state index contributed by atoms with van der Waals surface area (Å²) in [5, 5.41) is 20.6. The van der Waals surface area contributed by atoms with Crippen molar-refractivity contribution in [1.29, 1.82) is 5.26 Å². The van der Waals surface area contributed by atoms with Crippen molar-refractivity contribution in [2.24, 2.45) is 0 Å². The second-order valence-corrected chi connectivity index (χ2v) is 3.55. The fraction of sp³-hybridized carbons (Fsp3) is 0. The number of aromatic nitrogens is 1. The van der Waals surface area contributed by atoms with Gasteiger partial charge in [-0.05, 0) is 30.3 Å². The van der Waals surface area contributed by atoms with Crippen molar-refractivity contribution in [2.75, 3.05) is 5.32 Å². The van der Waals surface area contributed by atoms with Gasteiger partial charge in [-0.3, -0.25) is 0 Å². The fourth-order valence-corrected chi connectivity index (χ4v) is 1.46. The predicted molar refractivity (Wildman–Crippen MR) is 65.6 cm³/mol. The Hall–Kier alpha value is -2.87. The van der Waals surface area contributed by atoms with Gasteiger partial charge in [0.05, 0.1) is 11.6 Å². The van der Waals surface area contributed by atoms with Crippen LogP contribution >= 0.6 is 0 Å². The zero-order valence-electron chi connectivity index (χ0n) is 9.29. The van der Waals surface area contributed by atoms with Crippen LogP contribution in [-0.2, 0) is 0 Å². The number of nitrogens with one attached hydrogen (secondary N) is 1. The Bertz CT molecular complexity index is 632. The van der Waals surface area contributed by atoms with E-state index in [4.69, 9.17) is 10.4 Å². The monoisotopic (exact) mass is 239 g/mol. The molecule has 18 heavy (non-hydrogen) atoms. The normalized spacial score (nSPS) is 9.50. The van der Waals surface area contributed by atoms with Gasteiger partial charge in [0.15, 0.2) is 0 Å². The molecule has 88 valence electrons. The highest BCUT2D eigenvalue weighted by molar-refractivity contribution is 5.86. The Labute approximate surface area is 103 Å². The Morgan fingerprint density at radius 1 is 1.28 bits per heavy atom. The zero-order valence-corrected chi connectivity index (χ0v) is 9.29. The first kappa shape index (κ1) is 11.6. The second kappa shape index (κ2) is 4.97. The van der Waals surface area contributed by atoms with Crippen LogP contribution in [0, 0.1) is 11.3 Å². The Morgan fingerprint density at radius 3 is 2.78 bits per heavy atom. The third-order valence-corrected chi connectivity index (χ3v) is 2.26. The van der Waals surface area contributed by atoms with Crippen molar-refractivity contribution >= 4 is 17.3 Å². The van der Waals surface area contributed by atoms with E-state index in [0.717, 1.165) is 5.69 Å². The van der Waals surface area contributed by atoms with E-state index in [2.05, 4.69) is 10.3 Å². The second-order valence-electron chi connectivity index (χ2n) is 3.55. The van der Waals surface area contributed by atoms with E-state index < -0.39 is 5.97 Å². The minimum Gasteiger partial charge on any atom is -0.477 e. The molecular formula is C13H9N3O2. The molecule has 5 nitrogen and oxygen atoms in total. The number of carboxylic acid groups (broad SMARTS) is 1. The van der Waals surface area contributed by atoms with Crippen molar-refractivity contribution in [2.45, 2.75) is 0 Å². The maximum atomic E-state index is 10.8. The number of rotatable bonds is 3. The molecule has 2 N–H and O–H groups in total. The average molecular weight is 239 g/mol. The number of hydrogen-bond donors (Lipinski definition) is 2. The van der Waals surface area contributed by atoms with Gasteiger partial charge in [0.25, 0.3) is 0 Å². The van der Waals surface area contributed by atoms with E-state index in [1.165, 1.54) is 12.3 Å². The summed E-state index contributed by atoms with van der Waals surface area (Å²) >= 11 is 0. The number of carbonyl (C=O) groups is 1. The van der Waals surface area contributed by atoms with Crippen molar-refractivity contribution in [3.63, 3.8) is 0 Å². The van der Waals surface area contributed by atoms with E-state index in [1.54, 1.807) is 30.3 Å². The number of hydrogen-bond acceptors (Lipinski definition) is 4. The molecule has 0 unspecified atom stereocenters. The van der Waals surface area contributed by atoms with E-state index in [0.29, 0.717) is 11.3 Å². The molecule has 0 saturated heterocycles. The van der Waals surface area contributed by atoms with E-state index in [-0.39, 0.29) is 5.69 Å². The van der Waals surface area contributed by atoms with Crippen molar-refractivity contribution in [3.05, 3.63) is 53.9 Å². The number of aromatic carboxylic acids is 1. The topological polar surface area (TPSA) is 86.0 Å². The lowest BCUT2D eigenvalue weighted by atomic mass is 10.2. The summed E-state index contributed by atoms with van der Waals surface area (Å²) in [7, 11) is 0. The lowest BCUT2D eigenvalue weighted by Gasteiger charge is -2.06. The number of nitriles is 1. The van der Waals surface area contributed by atoms with Crippen LogP contribution in [0.1, 0.15) is 16.1 Å². The molecule has 0 aliphatic heterocycles. The lowest BCUT2D eigenvalue weighted by Crippen LogP contribution is -2.01. The maximum Gasteiger partial charge on any atom is 0.354 e. The Balaban J connectivity index is 2.26.